The van der Waals surface area contributed by atoms with Crippen molar-refractivity contribution in [1.82, 2.24) is 5.32 Å². The van der Waals surface area contributed by atoms with E-state index in [1.54, 1.807) is 0 Å². The predicted molar refractivity (Wildman–Crippen MR) is 43.6 cm³/mol. The molecule has 0 fully saturated rings. The number of nitrogens with one attached hydrogen (secondary N) is 1. The highest BCUT2D eigenvalue weighted by Gasteiger charge is 1.93. The maximum atomic E-state index is 10.6. The Labute approximate surface area is 69.7 Å². The lowest BCUT2D eigenvalue weighted by Gasteiger charge is -1.95. The maximum absolute atomic E-state index is 10.6. The highest BCUT2D eigenvalue weighted by Crippen LogP contribution is 1.75. The molecule has 0 aromatic heterocycles. The van der Waals surface area contributed by atoms with Gasteiger partial charge in [-0.15, -0.1) is 0 Å². The molecule has 0 atom stereocenters. The van der Waals surface area contributed by atoms with Crippen molar-refractivity contribution in [2.75, 3.05) is 12.3 Å². The van der Waals surface area contributed by atoms with Crippen molar-refractivity contribution in [3.05, 3.63) is 12.2 Å². The fourth-order valence-electron chi connectivity index (χ4n) is 0.385. The van der Waals surface area contributed by atoms with Crippen molar-refractivity contribution in [3.63, 3.8) is 0 Å². The smallest absolute Gasteiger partial charge is 0.328 e. The molecule has 0 unspecified atom stereocenters. The molecule has 0 aliphatic heterocycles. The molecule has 0 heterocycles. The zero-order valence-electron chi connectivity index (χ0n) is 5.78. The highest BCUT2D eigenvalue weighted by molar-refractivity contribution is 7.80. The Bertz CT molecular complexity index is 179. The van der Waals surface area contributed by atoms with E-state index in [-0.39, 0.29) is 0 Å². The van der Waals surface area contributed by atoms with Gasteiger partial charge >= 0.3 is 5.97 Å². The van der Waals surface area contributed by atoms with E-state index >= 15 is 0 Å². The topological polar surface area (TPSA) is 66.4 Å². The van der Waals surface area contributed by atoms with Gasteiger partial charge in [-0.3, -0.25) is 4.79 Å². The van der Waals surface area contributed by atoms with Gasteiger partial charge in [0, 0.05) is 24.4 Å². The number of carboxylic acids is 1. The first-order valence-electron chi connectivity index (χ1n) is 2.96. The van der Waals surface area contributed by atoms with Gasteiger partial charge in [-0.05, 0) is 0 Å². The number of hydrogen-bond acceptors (Lipinski definition) is 3. The summed E-state index contributed by atoms with van der Waals surface area (Å²) in [5.74, 6) is -1.01. The molecule has 0 saturated heterocycles. The summed E-state index contributed by atoms with van der Waals surface area (Å²) in [5, 5.41) is 10.5. The second-order valence-corrected chi connectivity index (χ2v) is 2.13. The normalized spacial score (nSPS) is 9.91. The van der Waals surface area contributed by atoms with E-state index in [0.717, 1.165) is 12.2 Å². The zero-order valence-corrected chi connectivity index (χ0v) is 6.67. The number of amides is 1. The number of carbonyl (C=O) groups is 2. The van der Waals surface area contributed by atoms with Crippen molar-refractivity contribution in [1.29, 1.82) is 0 Å². The Balaban J connectivity index is 3.60. The van der Waals surface area contributed by atoms with Crippen LogP contribution in [0.5, 0.6) is 0 Å². The van der Waals surface area contributed by atoms with Gasteiger partial charge in [0.25, 0.3) is 0 Å². The third kappa shape index (κ3) is 6.92. The first-order valence-corrected chi connectivity index (χ1v) is 3.59. The van der Waals surface area contributed by atoms with E-state index in [4.69, 9.17) is 5.11 Å². The van der Waals surface area contributed by atoms with Crippen LogP contribution in [-0.2, 0) is 9.59 Å². The molecule has 0 aliphatic carbocycles. The van der Waals surface area contributed by atoms with Crippen molar-refractivity contribution in [2.24, 2.45) is 0 Å². The molecule has 4 nitrogen and oxygen atoms in total. The van der Waals surface area contributed by atoms with Crippen molar-refractivity contribution in [2.45, 2.75) is 0 Å². The van der Waals surface area contributed by atoms with Gasteiger partial charge in [-0.2, -0.15) is 12.6 Å². The first kappa shape index (κ1) is 10.0. The van der Waals surface area contributed by atoms with Crippen LogP contribution in [0, 0.1) is 0 Å². The van der Waals surface area contributed by atoms with Gasteiger partial charge in [0.2, 0.25) is 5.91 Å². The summed E-state index contributed by atoms with van der Waals surface area (Å²) in [4.78, 5) is 20.5. The van der Waals surface area contributed by atoms with Crippen LogP contribution in [0.2, 0.25) is 0 Å². The Morgan fingerprint density at radius 2 is 2.09 bits per heavy atom. The average molecular weight is 175 g/mol. The standard InChI is InChI=1S/C6H9NO3S/c8-5(7-3-4-11)1-2-6(9)10/h1-2,11H,3-4H2,(H,7,8)(H,9,10). The van der Waals surface area contributed by atoms with Gasteiger partial charge in [0.15, 0.2) is 0 Å². The minimum atomic E-state index is -1.13. The molecule has 0 bridgehead atoms. The molecular formula is C6H9NO3S. The molecule has 0 rings (SSSR count). The van der Waals surface area contributed by atoms with Crippen molar-refractivity contribution < 1.29 is 14.7 Å². The predicted octanol–water partition coefficient (Wildman–Crippen LogP) is -0.327. The fraction of sp³-hybridized carbons (Fsp3) is 0.333. The number of carboxylic acid groups (broad SMARTS) is 1. The van der Waals surface area contributed by atoms with E-state index in [9.17, 15) is 9.59 Å². The monoisotopic (exact) mass is 175 g/mol. The number of carbonyl (C=O) groups excluding carboxylic acids is 1. The van der Waals surface area contributed by atoms with Gasteiger partial charge in [-0.25, -0.2) is 4.79 Å². The lowest BCUT2D eigenvalue weighted by Crippen LogP contribution is -2.23. The molecule has 0 saturated carbocycles. The number of thiol groups is 1. The van der Waals surface area contributed by atoms with Crippen LogP contribution in [0.4, 0.5) is 0 Å². The van der Waals surface area contributed by atoms with E-state index in [1.807, 2.05) is 0 Å². The summed E-state index contributed by atoms with van der Waals surface area (Å²) in [7, 11) is 0. The van der Waals surface area contributed by atoms with Crippen LogP contribution in [0.3, 0.4) is 0 Å². The second kappa shape index (κ2) is 5.79. The Morgan fingerprint density at radius 1 is 1.45 bits per heavy atom. The quantitative estimate of drug-likeness (QED) is 0.405. The molecule has 11 heavy (non-hydrogen) atoms. The summed E-state index contributed by atoms with van der Waals surface area (Å²) < 4.78 is 0. The lowest BCUT2D eigenvalue weighted by atomic mass is 10.4. The first-order chi connectivity index (χ1) is 5.16. The van der Waals surface area contributed by atoms with Crippen LogP contribution in [0.1, 0.15) is 0 Å². The maximum Gasteiger partial charge on any atom is 0.328 e. The fourth-order valence-corrected chi connectivity index (χ4v) is 0.497. The van der Waals surface area contributed by atoms with E-state index in [0.29, 0.717) is 12.3 Å². The third-order valence-corrected chi connectivity index (χ3v) is 1.01. The van der Waals surface area contributed by atoms with Crippen molar-refractivity contribution in [3.8, 4) is 0 Å². The molecule has 5 heteroatoms. The minimum Gasteiger partial charge on any atom is -0.478 e. The van der Waals surface area contributed by atoms with Gasteiger partial charge < -0.3 is 10.4 Å². The van der Waals surface area contributed by atoms with Crippen molar-refractivity contribution >= 4 is 24.5 Å². The molecule has 1 amide bonds. The Hall–Kier alpha value is -0.970. The molecule has 62 valence electrons. The molecule has 0 aliphatic rings. The Kier molecular flexibility index (Phi) is 5.28. The largest absolute Gasteiger partial charge is 0.478 e. The lowest BCUT2D eigenvalue weighted by molar-refractivity contribution is -0.131. The van der Waals surface area contributed by atoms with Gasteiger partial charge in [0.1, 0.15) is 0 Å². The zero-order chi connectivity index (χ0) is 8.69. The average Bonchev–Trinajstić information content (AvgIpc) is 1.97. The van der Waals surface area contributed by atoms with Crippen LogP contribution in [-0.4, -0.2) is 29.3 Å². The number of hydrogen-bond donors (Lipinski definition) is 3. The number of rotatable bonds is 4. The van der Waals surface area contributed by atoms with Crippen LogP contribution in [0.15, 0.2) is 12.2 Å². The van der Waals surface area contributed by atoms with E-state index < -0.39 is 11.9 Å². The SMILES string of the molecule is O=C(O)C=CC(=O)NCCS. The van der Waals surface area contributed by atoms with Crippen LogP contribution in [0.25, 0.3) is 0 Å². The summed E-state index contributed by atoms with van der Waals surface area (Å²) in [5.41, 5.74) is 0. The van der Waals surface area contributed by atoms with Gasteiger partial charge in [-0.1, -0.05) is 0 Å². The van der Waals surface area contributed by atoms with Crippen LogP contribution >= 0.6 is 12.6 Å². The molecule has 0 aromatic rings. The summed E-state index contributed by atoms with van der Waals surface area (Å²) in [6.07, 6.45) is 1.75. The molecule has 2 N–H and O–H groups in total. The van der Waals surface area contributed by atoms with Gasteiger partial charge in [0.05, 0.1) is 0 Å². The summed E-state index contributed by atoms with van der Waals surface area (Å²) in [6, 6.07) is 0. The highest BCUT2D eigenvalue weighted by atomic mass is 32.1. The van der Waals surface area contributed by atoms with Crippen LogP contribution < -0.4 is 5.32 Å². The third-order valence-electron chi connectivity index (χ3n) is 0.788. The summed E-state index contributed by atoms with van der Waals surface area (Å²) >= 11 is 3.85. The Morgan fingerprint density at radius 3 is 2.55 bits per heavy atom. The second-order valence-electron chi connectivity index (χ2n) is 1.69. The molecule has 0 spiro atoms. The van der Waals surface area contributed by atoms with E-state index in [2.05, 4.69) is 17.9 Å². The van der Waals surface area contributed by atoms with E-state index in [1.165, 1.54) is 0 Å². The minimum absolute atomic E-state index is 0.415. The number of aliphatic carboxylic acids is 1. The molecule has 0 aromatic carbocycles. The molecular weight excluding hydrogens is 166 g/mol. The summed E-state index contributed by atoms with van der Waals surface area (Å²) in [6.45, 7) is 0.436. The molecule has 0 radical (unpaired) electrons.